The largest absolute Gasteiger partial charge is 0.466 e. The van der Waals surface area contributed by atoms with E-state index in [0.29, 0.717) is 19.4 Å². The molecule has 0 aromatic rings. The van der Waals surface area contributed by atoms with E-state index in [1.54, 1.807) is 6.08 Å². The second-order valence-corrected chi connectivity index (χ2v) is 18.6. The Hall–Kier alpha value is -1.40. The maximum Gasteiger partial charge on any atom is 0.305 e. The Kier molecular flexibility index (Phi) is 49.1. The monoisotopic (exact) mass is 848 g/mol. The summed E-state index contributed by atoms with van der Waals surface area (Å²) in [4.78, 5) is 24.4. The minimum atomic E-state index is -0.841. The normalized spacial score (nSPS) is 12.7. The van der Waals surface area contributed by atoms with Crippen LogP contribution in [0.4, 0.5) is 0 Å². The summed E-state index contributed by atoms with van der Waals surface area (Å²) in [5, 5.41) is 22.9. The van der Waals surface area contributed by atoms with Crippen molar-refractivity contribution in [3.8, 4) is 0 Å². The van der Waals surface area contributed by atoms with Gasteiger partial charge in [-0.1, -0.05) is 264 Å². The summed E-state index contributed by atoms with van der Waals surface area (Å²) in [7, 11) is 0. The Morgan fingerprint density at radius 1 is 0.450 bits per heavy atom. The van der Waals surface area contributed by atoms with Crippen LogP contribution in [0.1, 0.15) is 296 Å². The molecule has 0 rings (SSSR count). The van der Waals surface area contributed by atoms with E-state index < -0.39 is 12.1 Å². The third kappa shape index (κ3) is 46.1. The van der Waals surface area contributed by atoms with Crippen molar-refractivity contribution in [3.63, 3.8) is 0 Å². The highest BCUT2D eigenvalue weighted by molar-refractivity contribution is 5.76. The Bertz CT molecular complexity index is 893. The van der Waals surface area contributed by atoms with Gasteiger partial charge in [0.05, 0.1) is 25.4 Å². The molecule has 0 aliphatic rings. The molecule has 0 radical (unpaired) electrons. The van der Waals surface area contributed by atoms with Gasteiger partial charge in [0.25, 0.3) is 0 Å². The molecular weight excluding hydrogens is 743 g/mol. The number of unbranched alkanes of at least 4 members (excludes halogenated alkanes) is 39. The van der Waals surface area contributed by atoms with Crippen molar-refractivity contribution in [1.82, 2.24) is 5.32 Å². The molecule has 3 N–H and O–H groups in total. The molecule has 0 aromatic heterocycles. The number of aliphatic hydroxyl groups excluding tert-OH is 2. The van der Waals surface area contributed by atoms with Gasteiger partial charge in [0.15, 0.2) is 0 Å². The average Bonchev–Trinajstić information content (AvgIpc) is 3.25. The van der Waals surface area contributed by atoms with Crippen molar-refractivity contribution in [3.05, 3.63) is 12.2 Å². The van der Waals surface area contributed by atoms with E-state index >= 15 is 0 Å². The van der Waals surface area contributed by atoms with Gasteiger partial charge < -0.3 is 20.3 Å². The molecule has 6 heteroatoms. The number of hydrogen-bond donors (Lipinski definition) is 3. The van der Waals surface area contributed by atoms with Crippen LogP contribution in [-0.4, -0.2) is 47.4 Å². The smallest absolute Gasteiger partial charge is 0.305 e. The van der Waals surface area contributed by atoms with Gasteiger partial charge in [-0.2, -0.15) is 0 Å². The predicted molar refractivity (Wildman–Crippen MR) is 260 cm³/mol. The first-order valence-electron chi connectivity index (χ1n) is 27.0. The Morgan fingerprint density at radius 2 is 0.767 bits per heavy atom. The molecule has 0 fully saturated rings. The highest BCUT2D eigenvalue weighted by atomic mass is 16.5. The standard InChI is InChI=1S/C54H105NO5/c1-3-5-7-9-11-13-14-24-28-32-36-40-44-48-54(59)60-49-45-41-37-33-29-26-23-21-19-17-15-16-18-20-22-25-27-31-35-39-43-47-53(58)55-51(50-56)52(57)46-42-38-34-30-12-10-8-6-4-2/h42,46,51-52,56-57H,3-41,43-45,47-50H2,1-2H3,(H,55,58)/b46-42+. The number of carbonyl (C=O) groups is 2. The minimum Gasteiger partial charge on any atom is -0.466 e. The fourth-order valence-electron chi connectivity index (χ4n) is 8.40. The lowest BCUT2D eigenvalue weighted by Crippen LogP contribution is -2.45. The van der Waals surface area contributed by atoms with E-state index in [0.717, 1.165) is 38.5 Å². The lowest BCUT2D eigenvalue weighted by atomic mass is 10.0. The number of ether oxygens (including phenoxy) is 1. The first-order chi connectivity index (χ1) is 29.5. The second kappa shape index (κ2) is 50.2. The van der Waals surface area contributed by atoms with Gasteiger partial charge in [-0.25, -0.2) is 0 Å². The van der Waals surface area contributed by atoms with E-state index in [9.17, 15) is 19.8 Å². The van der Waals surface area contributed by atoms with Gasteiger partial charge in [0, 0.05) is 12.8 Å². The van der Waals surface area contributed by atoms with E-state index in [1.165, 1.54) is 231 Å². The Labute approximate surface area is 374 Å². The summed E-state index contributed by atoms with van der Waals surface area (Å²) in [5.74, 6) is -0.0581. The molecule has 0 aromatic carbocycles. The van der Waals surface area contributed by atoms with Crippen LogP contribution in [-0.2, 0) is 14.3 Å². The van der Waals surface area contributed by atoms with Gasteiger partial charge in [-0.15, -0.1) is 0 Å². The van der Waals surface area contributed by atoms with E-state index in [4.69, 9.17) is 4.74 Å². The van der Waals surface area contributed by atoms with Crippen LogP contribution >= 0.6 is 0 Å². The number of nitrogens with one attached hydrogen (secondary N) is 1. The lowest BCUT2D eigenvalue weighted by molar-refractivity contribution is -0.143. The third-order valence-electron chi connectivity index (χ3n) is 12.6. The first-order valence-corrected chi connectivity index (χ1v) is 27.0. The van der Waals surface area contributed by atoms with E-state index in [-0.39, 0.29) is 18.5 Å². The number of aliphatic hydroxyl groups is 2. The summed E-state index contributed by atoms with van der Waals surface area (Å²) in [5.41, 5.74) is 0. The number of allylic oxidation sites excluding steroid dienone is 1. The fraction of sp³-hybridized carbons (Fsp3) is 0.926. The highest BCUT2D eigenvalue weighted by Crippen LogP contribution is 2.17. The molecule has 0 bridgehead atoms. The van der Waals surface area contributed by atoms with Gasteiger partial charge in [0.1, 0.15) is 0 Å². The quantitative estimate of drug-likeness (QED) is 0.0322. The van der Waals surface area contributed by atoms with Crippen molar-refractivity contribution in [1.29, 1.82) is 0 Å². The molecule has 356 valence electrons. The van der Waals surface area contributed by atoms with Crippen molar-refractivity contribution < 1.29 is 24.5 Å². The number of amides is 1. The van der Waals surface area contributed by atoms with Crippen LogP contribution in [0.3, 0.4) is 0 Å². The number of esters is 1. The SMILES string of the molecule is CCCCCCCCC/C=C/C(O)C(CO)NC(=O)CCCCCCCCCCCCCCCCCCCCCCCOC(=O)CCCCCCCCCCCCCCC. The van der Waals surface area contributed by atoms with Crippen LogP contribution in [0.25, 0.3) is 0 Å². The zero-order valence-corrected chi connectivity index (χ0v) is 40.5. The molecule has 2 unspecified atom stereocenters. The topological polar surface area (TPSA) is 95.9 Å². The molecule has 0 heterocycles. The molecule has 2 atom stereocenters. The summed E-state index contributed by atoms with van der Waals surface area (Å²) >= 11 is 0. The summed E-state index contributed by atoms with van der Waals surface area (Å²) in [6.45, 7) is 4.88. The molecule has 0 spiro atoms. The first kappa shape index (κ1) is 58.6. The number of rotatable bonds is 50. The number of hydrogen-bond acceptors (Lipinski definition) is 5. The summed E-state index contributed by atoms with van der Waals surface area (Å²) in [6.07, 6.45) is 58.0. The molecule has 6 nitrogen and oxygen atoms in total. The van der Waals surface area contributed by atoms with Gasteiger partial charge >= 0.3 is 5.97 Å². The maximum absolute atomic E-state index is 12.4. The van der Waals surface area contributed by atoms with Crippen molar-refractivity contribution in [2.24, 2.45) is 0 Å². The van der Waals surface area contributed by atoms with Gasteiger partial charge in [0.2, 0.25) is 5.91 Å². The van der Waals surface area contributed by atoms with Crippen LogP contribution in [0.5, 0.6) is 0 Å². The van der Waals surface area contributed by atoms with Crippen molar-refractivity contribution >= 4 is 11.9 Å². The molecule has 0 aliphatic carbocycles. The van der Waals surface area contributed by atoms with E-state index in [1.807, 2.05) is 6.08 Å². The second-order valence-electron chi connectivity index (χ2n) is 18.6. The van der Waals surface area contributed by atoms with Crippen molar-refractivity contribution in [2.45, 2.75) is 309 Å². The third-order valence-corrected chi connectivity index (χ3v) is 12.6. The van der Waals surface area contributed by atoms with E-state index in [2.05, 4.69) is 19.2 Å². The molecule has 1 amide bonds. The highest BCUT2D eigenvalue weighted by Gasteiger charge is 2.18. The lowest BCUT2D eigenvalue weighted by Gasteiger charge is -2.20. The molecule has 60 heavy (non-hydrogen) atoms. The Balaban J connectivity index is 3.36. The average molecular weight is 848 g/mol. The maximum atomic E-state index is 12.4. The van der Waals surface area contributed by atoms with Crippen LogP contribution < -0.4 is 5.32 Å². The predicted octanol–water partition coefficient (Wildman–Crippen LogP) is 16.1. The molecule has 0 saturated carbocycles. The zero-order valence-electron chi connectivity index (χ0n) is 40.5. The molecule has 0 saturated heterocycles. The summed E-state index contributed by atoms with van der Waals surface area (Å²) in [6, 6.07) is -0.625. The molecular formula is C54H105NO5. The van der Waals surface area contributed by atoms with Crippen LogP contribution in [0, 0.1) is 0 Å². The van der Waals surface area contributed by atoms with Gasteiger partial charge in [-0.05, 0) is 32.1 Å². The fourth-order valence-corrected chi connectivity index (χ4v) is 8.40. The summed E-state index contributed by atoms with van der Waals surface area (Å²) < 4.78 is 5.47. The molecule has 0 aliphatic heterocycles. The van der Waals surface area contributed by atoms with Gasteiger partial charge in [-0.3, -0.25) is 9.59 Å². The van der Waals surface area contributed by atoms with Crippen LogP contribution in [0.15, 0.2) is 12.2 Å². The number of carbonyl (C=O) groups excluding carboxylic acids is 2. The zero-order chi connectivity index (χ0) is 43.7. The Morgan fingerprint density at radius 3 is 1.13 bits per heavy atom. The minimum absolute atomic E-state index is 0.0128. The van der Waals surface area contributed by atoms with Crippen molar-refractivity contribution in [2.75, 3.05) is 13.2 Å². The van der Waals surface area contributed by atoms with Crippen LogP contribution in [0.2, 0.25) is 0 Å².